The Morgan fingerprint density at radius 3 is 2.74 bits per heavy atom. The number of aryl methyl sites for hydroxylation is 2. The summed E-state index contributed by atoms with van der Waals surface area (Å²) < 4.78 is 39.1. The van der Waals surface area contributed by atoms with Crippen LogP contribution in [0.5, 0.6) is 0 Å². The number of benzene rings is 1. The van der Waals surface area contributed by atoms with Crippen molar-refractivity contribution >= 4 is 15.5 Å². The number of anilines is 1. The van der Waals surface area contributed by atoms with Gasteiger partial charge >= 0.3 is 0 Å². The van der Waals surface area contributed by atoms with Crippen molar-refractivity contribution < 1.29 is 12.8 Å². The highest BCUT2D eigenvalue weighted by Gasteiger charge is 2.16. The van der Waals surface area contributed by atoms with E-state index in [1.165, 1.54) is 12.1 Å². The lowest BCUT2D eigenvalue weighted by Crippen LogP contribution is -2.14. The molecule has 2 aromatic rings. The Balaban J connectivity index is 2.18. The Morgan fingerprint density at radius 2 is 2.16 bits per heavy atom. The molecule has 0 saturated carbocycles. The number of nitrogen functional groups attached to an aromatic ring is 1. The van der Waals surface area contributed by atoms with Crippen molar-refractivity contribution in [1.29, 1.82) is 0 Å². The number of halogens is 1. The highest BCUT2D eigenvalue weighted by Crippen LogP contribution is 2.17. The molecule has 0 radical (unpaired) electrons. The molecule has 0 unspecified atom stereocenters. The number of sulfone groups is 1. The molecule has 0 bridgehead atoms. The van der Waals surface area contributed by atoms with E-state index < -0.39 is 15.7 Å². The van der Waals surface area contributed by atoms with Crippen molar-refractivity contribution in [2.24, 2.45) is 0 Å². The second-order valence-electron chi connectivity index (χ2n) is 4.17. The Bertz CT molecular complexity index is 695. The van der Waals surface area contributed by atoms with Gasteiger partial charge in [0.25, 0.3) is 0 Å². The molecule has 1 heterocycles. The highest BCUT2D eigenvalue weighted by molar-refractivity contribution is 7.91. The van der Waals surface area contributed by atoms with Crippen LogP contribution in [-0.4, -0.2) is 23.7 Å². The first kappa shape index (κ1) is 13.5. The van der Waals surface area contributed by atoms with Gasteiger partial charge in [-0.15, -0.1) is 0 Å². The molecule has 19 heavy (non-hydrogen) atoms. The largest absolute Gasteiger partial charge is 0.396 e. The van der Waals surface area contributed by atoms with Crippen LogP contribution in [0.25, 0.3) is 0 Å². The molecule has 2 rings (SSSR count). The molecule has 2 N–H and O–H groups in total. The maximum Gasteiger partial charge on any atom is 0.180 e. The fourth-order valence-corrected chi connectivity index (χ4v) is 2.91. The summed E-state index contributed by atoms with van der Waals surface area (Å²) in [6.07, 6.45) is 3.30. The van der Waals surface area contributed by atoms with Gasteiger partial charge in [0.1, 0.15) is 11.6 Å². The minimum atomic E-state index is -3.54. The summed E-state index contributed by atoms with van der Waals surface area (Å²) in [5.74, 6) is -0.105. The zero-order chi connectivity index (χ0) is 14.0. The molecule has 1 aromatic heterocycles. The Kier molecular flexibility index (Phi) is 3.57. The fourth-order valence-electron chi connectivity index (χ4n) is 1.68. The molecule has 102 valence electrons. The molecular formula is C12H14FN3O2S. The summed E-state index contributed by atoms with van der Waals surface area (Å²) in [5.41, 5.74) is 5.26. The van der Waals surface area contributed by atoms with Gasteiger partial charge in [-0.25, -0.2) is 17.8 Å². The van der Waals surface area contributed by atoms with Crippen LogP contribution in [-0.2, 0) is 16.4 Å². The first-order chi connectivity index (χ1) is 8.90. The van der Waals surface area contributed by atoms with Crippen molar-refractivity contribution in [1.82, 2.24) is 9.55 Å². The lowest BCUT2D eigenvalue weighted by Gasteiger charge is -2.07. The molecule has 0 aliphatic heterocycles. The second kappa shape index (κ2) is 5.00. The summed E-state index contributed by atoms with van der Waals surface area (Å²) in [6, 6.07) is 3.52. The smallest absolute Gasteiger partial charge is 0.180 e. The van der Waals surface area contributed by atoms with Gasteiger partial charge in [0, 0.05) is 18.9 Å². The maximum atomic E-state index is 13.3. The van der Waals surface area contributed by atoms with Crippen LogP contribution in [0, 0.1) is 12.7 Å². The van der Waals surface area contributed by atoms with Gasteiger partial charge < -0.3 is 10.3 Å². The van der Waals surface area contributed by atoms with Gasteiger partial charge in [-0.3, -0.25) is 0 Å². The van der Waals surface area contributed by atoms with E-state index in [0.717, 1.165) is 11.9 Å². The topological polar surface area (TPSA) is 78.0 Å². The van der Waals surface area contributed by atoms with Gasteiger partial charge in [-0.1, -0.05) is 0 Å². The van der Waals surface area contributed by atoms with E-state index in [1.807, 2.05) is 0 Å². The predicted octanol–water partition coefficient (Wildman–Crippen LogP) is 1.39. The van der Waals surface area contributed by atoms with Gasteiger partial charge in [0.2, 0.25) is 0 Å². The van der Waals surface area contributed by atoms with E-state index in [2.05, 4.69) is 4.98 Å². The summed E-state index contributed by atoms with van der Waals surface area (Å²) in [6.45, 7) is 2.07. The summed E-state index contributed by atoms with van der Waals surface area (Å²) in [5, 5.41) is 0. The number of hydrogen-bond donors (Lipinski definition) is 1. The zero-order valence-corrected chi connectivity index (χ0v) is 11.2. The van der Waals surface area contributed by atoms with E-state index in [1.54, 1.807) is 23.9 Å². The zero-order valence-electron chi connectivity index (χ0n) is 10.4. The van der Waals surface area contributed by atoms with Crippen molar-refractivity contribution in [3.63, 3.8) is 0 Å². The SMILES string of the molecule is Cc1nccn1CCS(=O)(=O)c1ccc(N)c(F)c1. The fraction of sp³-hybridized carbons (Fsp3) is 0.250. The summed E-state index contributed by atoms with van der Waals surface area (Å²) >= 11 is 0. The monoisotopic (exact) mass is 283 g/mol. The van der Waals surface area contributed by atoms with Crippen molar-refractivity contribution in [2.75, 3.05) is 11.5 Å². The van der Waals surface area contributed by atoms with Gasteiger partial charge in [-0.2, -0.15) is 0 Å². The van der Waals surface area contributed by atoms with E-state index in [0.29, 0.717) is 0 Å². The van der Waals surface area contributed by atoms with Crippen LogP contribution in [0.3, 0.4) is 0 Å². The van der Waals surface area contributed by atoms with Crippen LogP contribution in [0.1, 0.15) is 5.82 Å². The Labute approximate surface area is 110 Å². The molecular weight excluding hydrogens is 269 g/mol. The molecule has 5 nitrogen and oxygen atoms in total. The van der Waals surface area contributed by atoms with Crippen molar-refractivity contribution in [2.45, 2.75) is 18.4 Å². The van der Waals surface area contributed by atoms with E-state index in [9.17, 15) is 12.8 Å². The van der Waals surface area contributed by atoms with Crippen LogP contribution in [0.15, 0.2) is 35.5 Å². The third-order valence-electron chi connectivity index (χ3n) is 2.86. The van der Waals surface area contributed by atoms with Gasteiger partial charge in [0.15, 0.2) is 9.84 Å². The van der Waals surface area contributed by atoms with Crippen LogP contribution in [0.4, 0.5) is 10.1 Å². The average Bonchev–Trinajstić information content (AvgIpc) is 2.76. The van der Waals surface area contributed by atoms with Gasteiger partial charge in [0.05, 0.1) is 16.3 Å². The highest BCUT2D eigenvalue weighted by atomic mass is 32.2. The lowest BCUT2D eigenvalue weighted by atomic mass is 10.3. The first-order valence-corrected chi connectivity index (χ1v) is 7.31. The Hall–Kier alpha value is -1.89. The van der Waals surface area contributed by atoms with Crippen LogP contribution >= 0.6 is 0 Å². The minimum Gasteiger partial charge on any atom is -0.396 e. The quantitative estimate of drug-likeness (QED) is 0.860. The molecule has 0 spiro atoms. The number of hydrogen-bond acceptors (Lipinski definition) is 4. The summed E-state index contributed by atoms with van der Waals surface area (Å²) in [7, 11) is -3.54. The van der Waals surface area contributed by atoms with Gasteiger partial charge in [-0.05, 0) is 25.1 Å². The molecule has 7 heteroatoms. The number of rotatable bonds is 4. The van der Waals surface area contributed by atoms with Crippen LogP contribution < -0.4 is 5.73 Å². The average molecular weight is 283 g/mol. The third kappa shape index (κ3) is 2.93. The molecule has 0 amide bonds. The minimum absolute atomic E-state index is 0.0584. The predicted molar refractivity (Wildman–Crippen MR) is 69.8 cm³/mol. The van der Waals surface area contributed by atoms with Crippen LogP contribution in [0.2, 0.25) is 0 Å². The maximum absolute atomic E-state index is 13.3. The molecule has 0 fully saturated rings. The Morgan fingerprint density at radius 1 is 1.42 bits per heavy atom. The van der Waals surface area contributed by atoms with Crippen molar-refractivity contribution in [3.8, 4) is 0 Å². The number of imidazole rings is 1. The number of nitrogens with zero attached hydrogens (tertiary/aromatic N) is 2. The first-order valence-electron chi connectivity index (χ1n) is 5.65. The van der Waals surface area contributed by atoms with E-state index >= 15 is 0 Å². The molecule has 0 aliphatic carbocycles. The molecule has 0 atom stereocenters. The second-order valence-corrected chi connectivity index (χ2v) is 6.28. The molecule has 1 aromatic carbocycles. The van der Waals surface area contributed by atoms with E-state index in [4.69, 9.17) is 5.73 Å². The number of nitrogens with two attached hydrogens (primary N) is 1. The standard InChI is InChI=1S/C12H14FN3O2S/c1-9-15-4-5-16(9)6-7-19(17,18)10-2-3-12(14)11(13)8-10/h2-5,8H,6-7,14H2,1H3. The third-order valence-corrected chi connectivity index (χ3v) is 4.55. The summed E-state index contributed by atoms with van der Waals surface area (Å²) in [4.78, 5) is 3.95. The van der Waals surface area contributed by atoms with Crippen molar-refractivity contribution in [3.05, 3.63) is 42.2 Å². The van der Waals surface area contributed by atoms with E-state index in [-0.39, 0.29) is 22.9 Å². The normalized spacial score (nSPS) is 11.7. The lowest BCUT2D eigenvalue weighted by molar-refractivity contribution is 0.584. The molecule has 0 aliphatic rings. The number of aromatic nitrogens is 2. The molecule has 0 saturated heterocycles.